The van der Waals surface area contributed by atoms with Crippen LogP contribution in [0.25, 0.3) is 0 Å². The van der Waals surface area contributed by atoms with Crippen LogP contribution in [0.1, 0.15) is 57.4 Å². The minimum atomic E-state index is 0.839. The first-order chi connectivity index (χ1) is 10.3. The minimum absolute atomic E-state index is 0.839. The Balaban J connectivity index is 1.67. The Hall–Kier alpha value is -0.890. The van der Waals surface area contributed by atoms with Crippen LogP contribution >= 0.6 is 12.2 Å². The van der Waals surface area contributed by atoms with E-state index in [1.165, 1.54) is 68.6 Å². The monoisotopic (exact) mass is 303 g/mol. The number of hydrogen-bond acceptors (Lipinski definition) is 1. The summed E-state index contributed by atoms with van der Waals surface area (Å²) in [6.07, 6.45) is 10.2. The lowest BCUT2D eigenvalue weighted by atomic mass is 9.90. The molecule has 0 aromatic heterocycles. The van der Waals surface area contributed by atoms with Crippen LogP contribution in [-0.4, -0.2) is 23.0 Å². The Bertz CT molecular complexity index is 407. The molecule has 1 aromatic rings. The van der Waals surface area contributed by atoms with E-state index >= 15 is 0 Å². The molecule has 0 atom stereocenters. The molecule has 1 saturated heterocycles. The van der Waals surface area contributed by atoms with Gasteiger partial charge >= 0.3 is 0 Å². The number of benzene rings is 1. The molecule has 0 aliphatic carbocycles. The molecule has 1 heterocycles. The molecule has 0 unspecified atom stereocenters. The third kappa shape index (κ3) is 5.78. The third-order valence-corrected chi connectivity index (χ3v) is 5.04. The van der Waals surface area contributed by atoms with Gasteiger partial charge in [-0.3, -0.25) is 0 Å². The van der Waals surface area contributed by atoms with E-state index in [-0.39, 0.29) is 0 Å². The Morgan fingerprint density at radius 3 is 2.48 bits per heavy atom. The number of rotatable bonds is 7. The summed E-state index contributed by atoms with van der Waals surface area (Å²) in [5.41, 5.74) is 1.48. The van der Waals surface area contributed by atoms with E-state index in [1.54, 1.807) is 0 Å². The van der Waals surface area contributed by atoms with Crippen molar-refractivity contribution in [3.05, 3.63) is 35.9 Å². The van der Waals surface area contributed by atoms with Crippen LogP contribution in [0.3, 0.4) is 0 Å². The number of piperidine rings is 1. The summed E-state index contributed by atoms with van der Waals surface area (Å²) in [6, 6.07) is 10.9. The molecule has 2 heteroatoms. The van der Waals surface area contributed by atoms with Crippen molar-refractivity contribution in [3.63, 3.8) is 0 Å². The number of nitrogens with zero attached hydrogens (tertiary/aromatic N) is 1. The minimum Gasteiger partial charge on any atom is -0.366 e. The van der Waals surface area contributed by atoms with E-state index in [0.29, 0.717) is 0 Å². The SMILES string of the molecule is CCCCCCC(=S)N1CCC(Cc2ccccc2)CC1. The summed E-state index contributed by atoms with van der Waals surface area (Å²) in [7, 11) is 0. The van der Waals surface area contributed by atoms with Crippen LogP contribution in [0.15, 0.2) is 30.3 Å². The molecule has 0 amide bonds. The van der Waals surface area contributed by atoms with Crippen molar-refractivity contribution in [2.75, 3.05) is 13.1 Å². The average molecular weight is 304 g/mol. The van der Waals surface area contributed by atoms with Gasteiger partial charge in [-0.1, -0.05) is 68.7 Å². The van der Waals surface area contributed by atoms with Gasteiger partial charge < -0.3 is 4.90 Å². The zero-order valence-corrected chi connectivity index (χ0v) is 14.2. The van der Waals surface area contributed by atoms with E-state index in [2.05, 4.69) is 42.2 Å². The largest absolute Gasteiger partial charge is 0.366 e. The normalized spacial score (nSPS) is 16.1. The van der Waals surface area contributed by atoms with E-state index in [9.17, 15) is 0 Å². The summed E-state index contributed by atoms with van der Waals surface area (Å²) in [5, 5.41) is 0. The zero-order chi connectivity index (χ0) is 14.9. The molecule has 1 aromatic carbocycles. The van der Waals surface area contributed by atoms with Crippen molar-refractivity contribution in [1.29, 1.82) is 0 Å². The molecule has 1 aliphatic rings. The fraction of sp³-hybridized carbons (Fsp3) is 0.632. The summed E-state index contributed by atoms with van der Waals surface area (Å²) in [6.45, 7) is 4.60. The highest BCUT2D eigenvalue weighted by molar-refractivity contribution is 7.80. The van der Waals surface area contributed by atoms with Crippen molar-refractivity contribution in [1.82, 2.24) is 4.90 Å². The van der Waals surface area contributed by atoms with E-state index in [1.807, 2.05) is 0 Å². The fourth-order valence-electron chi connectivity index (χ4n) is 3.20. The predicted molar refractivity (Wildman–Crippen MR) is 95.8 cm³/mol. The number of hydrogen-bond donors (Lipinski definition) is 0. The van der Waals surface area contributed by atoms with Gasteiger partial charge in [0.05, 0.1) is 4.99 Å². The highest BCUT2D eigenvalue weighted by Crippen LogP contribution is 2.22. The van der Waals surface area contributed by atoms with E-state index < -0.39 is 0 Å². The Morgan fingerprint density at radius 2 is 1.81 bits per heavy atom. The van der Waals surface area contributed by atoms with Crippen LogP contribution in [0.5, 0.6) is 0 Å². The molecular weight excluding hydrogens is 274 g/mol. The van der Waals surface area contributed by atoms with Gasteiger partial charge in [0, 0.05) is 13.1 Å². The molecular formula is C19H29NS. The molecule has 1 nitrogen and oxygen atoms in total. The molecule has 1 fully saturated rings. The van der Waals surface area contributed by atoms with Gasteiger partial charge in [-0.2, -0.15) is 0 Å². The van der Waals surface area contributed by atoms with Crippen molar-refractivity contribution < 1.29 is 0 Å². The van der Waals surface area contributed by atoms with Gasteiger partial charge in [0.25, 0.3) is 0 Å². The Labute approximate surface area is 135 Å². The smallest absolute Gasteiger partial charge is 0.0779 e. The molecule has 0 N–H and O–H groups in total. The van der Waals surface area contributed by atoms with Crippen LogP contribution in [-0.2, 0) is 6.42 Å². The third-order valence-electron chi connectivity index (χ3n) is 4.58. The molecule has 116 valence electrons. The maximum Gasteiger partial charge on any atom is 0.0779 e. The standard InChI is InChI=1S/C19H29NS/c1-2-3-4-8-11-19(21)20-14-12-18(13-15-20)16-17-9-6-5-7-10-17/h5-7,9-10,18H,2-4,8,11-16H2,1H3. The summed E-state index contributed by atoms with van der Waals surface area (Å²) in [4.78, 5) is 3.67. The number of unbranched alkanes of at least 4 members (excludes halogenated alkanes) is 3. The molecule has 2 rings (SSSR count). The van der Waals surface area contributed by atoms with Crippen molar-refractivity contribution in [2.45, 2.75) is 58.3 Å². The fourth-order valence-corrected chi connectivity index (χ4v) is 3.52. The van der Waals surface area contributed by atoms with Gasteiger partial charge in [0.2, 0.25) is 0 Å². The summed E-state index contributed by atoms with van der Waals surface area (Å²) < 4.78 is 0. The maximum absolute atomic E-state index is 5.62. The summed E-state index contributed by atoms with van der Waals surface area (Å²) in [5.74, 6) is 0.839. The van der Waals surface area contributed by atoms with Gasteiger partial charge in [0.15, 0.2) is 0 Å². The van der Waals surface area contributed by atoms with Crippen molar-refractivity contribution in [2.24, 2.45) is 5.92 Å². The highest BCUT2D eigenvalue weighted by Gasteiger charge is 2.20. The molecule has 21 heavy (non-hydrogen) atoms. The second-order valence-corrected chi connectivity index (χ2v) is 6.80. The Kier molecular flexibility index (Phi) is 7.21. The first-order valence-corrected chi connectivity index (χ1v) is 9.02. The number of thiocarbonyl (C=S) groups is 1. The molecule has 1 aliphatic heterocycles. The van der Waals surface area contributed by atoms with E-state index in [4.69, 9.17) is 12.2 Å². The van der Waals surface area contributed by atoms with Gasteiger partial charge in [-0.25, -0.2) is 0 Å². The van der Waals surface area contributed by atoms with Gasteiger partial charge in [-0.15, -0.1) is 0 Å². The molecule has 0 spiro atoms. The zero-order valence-electron chi connectivity index (χ0n) is 13.4. The van der Waals surface area contributed by atoms with Crippen LogP contribution in [0.2, 0.25) is 0 Å². The van der Waals surface area contributed by atoms with Crippen LogP contribution in [0, 0.1) is 5.92 Å². The van der Waals surface area contributed by atoms with Gasteiger partial charge in [-0.05, 0) is 43.6 Å². The van der Waals surface area contributed by atoms with Gasteiger partial charge in [0.1, 0.15) is 0 Å². The lowest BCUT2D eigenvalue weighted by Crippen LogP contribution is -2.37. The predicted octanol–water partition coefficient (Wildman–Crippen LogP) is 5.24. The lowest BCUT2D eigenvalue weighted by molar-refractivity contribution is 0.265. The highest BCUT2D eigenvalue weighted by atomic mass is 32.1. The molecule has 0 bridgehead atoms. The lowest BCUT2D eigenvalue weighted by Gasteiger charge is -2.34. The quantitative estimate of drug-likeness (QED) is 0.500. The topological polar surface area (TPSA) is 3.24 Å². The van der Waals surface area contributed by atoms with Crippen LogP contribution < -0.4 is 0 Å². The number of likely N-dealkylation sites (tertiary alicyclic amines) is 1. The van der Waals surface area contributed by atoms with Crippen LogP contribution in [0.4, 0.5) is 0 Å². The first-order valence-electron chi connectivity index (χ1n) is 8.61. The first kappa shape index (κ1) is 16.5. The molecule has 0 saturated carbocycles. The van der Waals surface area contributed by atoms with E-state index in [0.717, 1.165) is 12.3 Å². The Morgan fingerprint density at radius 1 is 1.10 bits per heavy atom. The second-order valence-electron chi connectivity index (χ2n) is 6.32. The van der Waals surface area contributed by atoms with Crippen molar-refractivity contribution in [3.8, 4) is 0 Å². The average Bonchev–Trinajstić information content (AvgIpc) is 2.53. The maximum atomic E-state index is 5.62. The van der Waals surface area contributed by atoms with Crippen molar-refractivity contribution >= 4 is 17.2 Å². The molecule has 0 radical (unpaired) electrons. The second kappa shape index (κ2) is 9.19. The summed E-state index contributed by atoms with van der Waals surface area (Å²) >= 11 is 5.62.